The number of carbonyl (C=O) groups is 3. The summed E-state index contributed by atoms with van der Waals surface area (Å²) in [7, 11) is 0. The molecular weight excluding hydrogens is 367 g/mol. The second kappa shape index (κ2) is 9.16. The first kappa shape index (κ1) is 21.1. The van der Waals surface area contributed by atoms with Gasteiger partial charge in [0.2, 0.25) is 6.10 Å². The van der Waals surface area contributed by atoms with Crippen LogP contribution in [0.5, 0.6) is 5.75 Å². The molecule has 1 heterocycles. The topological polar surface area (TPSA) is 108 Å². The Labute approximate surface area is 161 Å². The van der Waals surface area contributed by atoms with Gasteiger partial charge in [-0.2, -0.15) is 0 Å². The molecule has 7 nitrogen and oxygen atoms in total. The normalized spacial score (nSPS) is 11.7. The molecule has 8 heteroatoms. The molecule has 0 aliphatic rings. The van der Waals surface area contributed by atoms with Crippen molar-refractivity contribution in [2.45, 2.75) is 39.7 Å². The van der Waals surface area contributed by atoms with E-state index < -0.39 is 23.8 Å². The molecule has 28 heavy (non-hydrogen) atoms. The maximum absolute atomic E-state index is 13.0. The van der Waals surface area contributed by atoms with E-state index in [2.05, 4.69) is 10.3 Å². The van der Waals surface area contributed by atoms with Crippen molar-refractivity contribution in [3.05, 3.63) is 52.6 Å². The molecule has 150 valence electrons. The van der Waals surface area contributed by atoms with E-state index in [9.17, 15) is 23.9 Å². The fourth-order valence-electron chi connectivity index (χ4n) is 2.98. The smallest absolute Gasteiger partial charge is 0.346 e. The van der Waals surface area contributed by atoms with Crippen molar-refractivity contribution in [2.24, 2.45) is 0 Å². The number of aliphatic carboxylic acids is 1. The van der Waals surface area contributed by atoms with Crippen LogP contribution in [0.3, 0.4) is 0 Å². The van der Waals surface area contributed by atoms with Crippen LogP contribution in [0.25, 0.3) is 0 Å². The molecule has 0 aliphatic heterocycles. The van der Waals surface area contributed by atoms with Crippen LogP contribution in [-0.4, -0.2) is 40.4 Å². The van der Waals surface area contributed by atoms with Crippen LogP contribution < -0.4 is 10.1 Å². The van der Waals surface area contributed by atoms with Crippen molar-refractivity contribution in [2.75, 3.05) is 6.54 Å². The summed E-state index contributed by atoms with van der Waals surface area (Å²) in [4.78, 5) is 38.9. The van der Waals surface area contributed by atoms with Crippen molar-refractivity contribution in [3.63, 3.8) is 0 Å². The number of benzene rings is 1. The second-order valence-electron chi connectivity index (χ2n) is 6.39. The minimum absolute atomic E-state index is 0.140. The van der Waals surface area contributed by atoms with Crippen LogP contribution in [0.2, 0.25) is 0 Å². The first-order chi connectivity index (χ1) is 13.2. The molecule has 1 amide bonds. The van der Waals surface area contributed by atoms with E-state index in [1.165, 1.54) is 19.1 Å². The summed E-state index contributed by atoms with van der Waals surface area (Å²) in [5.41, 5.74) is 1.95. The highest BCUT2D eigenvalue weighted by atomic mass is 19.1. The lowest BCUT2D eigenvalue weighted by Gasteiger charge is -2.16. The van der Waals surface area contributed by atoms with Crippen molar-refractivity contribution in [1.29, 1.82) is 0 Å². The van der Waals surface area contributed by atoms with Crippen molar-refractivity contribution < 1.29 is 28.6 Å². The van der Waals surface area contributed by atoms with Gasteiger partial charge in [-0.1, -0.05) is 13.3 Å². The van der Waals surface area contributed by atoms with Gasteiger partial charge in [0, 0.05) is 11.3 Å². The molecule has 0 saturated carbocycles. The number of aromatic amines is 1. The van der Waals surface area contributed by atoms with Gasteiger partial charge in [0.1, 0.15) is 17.3 Å². The van der Waals surface area contributed by atoms with Crippen molar-refractivity contribution in [1.82, 2.24) is 10.3 Å². The molecule has 1 atom stereocenters. The molecule has 2 aromatic rings. The molecule has 0 fully saturated rings. The lowest BCUT2D eigenvalue weighted by Crippen LogP contribution is -2.40. The number of carboxylic acid groups (broad SMARTS) is 1. The van der Waals surface area contributed by atoms with E-state index in [1.807, 2.05) is 6.92 Å². The summed E-state index contributed by atoms with van der Waals surface area (Å²) in [5.74, 6) is -2.23. The molecule has 0 aliphatic carbocycles. The fourth-order valence-corrected chi connectivity index (χ4v) is 2.98. The average molecular weight is 390 g/mol. The van der Waals surface area contributed by atoms with E-state index >= 15 is 0 Å². The molecule has 0 spiro atoms. The number of ether oxygens (including phenoxy) is 1. The Balaban J connectivity index is 2.14. The third kappa shape index (κ3) is 4.97. The van der Waals surface area contributed by atoms with Gasteiger partial charge in [0.25, 0.3) is 5.91 Å². The number of hydrogen-bond acceptors (Lipinski definition) is 4. The van der Waals surface area contributed by atoms with E-state index in [-0.39, 0.29) is 23.8 Å². The van der Waals surface area contributed by atoms with Gasteiger partial charge in [0.15, 0.2) is 5.78 Å². The Morgan fingerprint density at radius 3 is 2.43 bits per heavy atom. The number of nitrogens with one attached hydrogen (secondary N) is 2. The zero-order chi connectivity index (χ0) is 20.8. The molecule has 0 bridgehead atoms. The van der Waals surface area contributed by atoms with Crippen LogP contribution in [0.15, 0.2) is 24.3 Å². The standard InChI is InChI=1S/C20H23FN2O5/c1-4-5-15-17(12(3)24)11(2)23-18(15)19(25)22-10-16(20(26)27)28-14-8-6-13(21)7-9-14/h6-9,16,23H,4-5,10H2,1-3H3,(H,22,25)(H,26,27). The van der Waals surface area contributed by atoms with Crippen molar-refractivity contribution >= 4 is 17.7 Å². The predicted molar refractivity (Wildman–Crippen MR) is 100 cm³/mol. The SMILES string of the molecule is CCCc1c(C(=O)NCC(Oc2ccc(F)cc2)C(=O)O)[nH]c(C)c1C(C)=O. The van der Waals surface area contributed by atoms with Gasteiger partial charge in [-0.15, -0.1) is 0 Å². The first-order valence-corrected chi connectivity index (χ1v) is 8.90. The van der Waals surface area contributed by atoms with Gasteiger partial charge in [-0.3, -0.25) is 9.59 Å². The van der Waals surface area contributed by atoms with Gasteiger partial charge in [0.05, 0.1) is 6.54 Å². The van der Waals surface area contributed by atoms with Gasteiger partial charge < -0.3 is 20.1 Å². The zero-order valence-corrected chi connectivity index (χ0v) is 16.0. The second-order valence-corrected chi connectivity index (χ2v) is 6.39. The van der Waals surface area contributed by atoms with E-state index in [1.54, 1.807) is 6.92 Å². The van der Waals surface area contributed by atoms with E-state index in [4.69, 9.17) is 4.74 Å². The number of halogens is 1. The summed E-state index contributed by atoms with van der Waals surface area (Å²) in [6.07, 6.45) is -0.0768. The Bertz CT molecular complexity index is 873. The maximum atomic E-state index is 13.0. The summed E-state index contributed by atoms with van der Waals surface area (Å²) < 4.78 is 18.3. The van der Waals surface area contributed by atoms with E-state index in [0.29, 0.717) is 23.2 Å². The molecule has 2 rings (SSSR count). The number of aromatic nitrogens is 1. The molecule has 1 unspecified atom stereocenters. The van der Waals surface area contributed by atoms with Crippen LogP contribution in [0.4, 0.5) is 4.39 Å². The fraction of sp³-hybridized carbons (Fsp3) is 0.350. The lowest BCUT2D eigenvalue weighted by atomic mass is 10.0. The number of ketones is 1. The largest absolute Gasteiger partial charge is 0.478 e. The summed E-state index contributed by atoms with van der Waals surface area (Å²) >= 11 is 0. The molecule has 0 radical (unpaired) electrons. The van der Waals surface area contributed by atoms with Crippen molar-refractivity contribution in [3.8, 4) is 5.75 Å². The number of Topliss-reactive ketones (excluding diaryl/α,β-unsaturated/α-hetero) is 1. The van der Waals surface area contributed by atoms with Crippen LogP contribution in [0.1, 0.15) is 52.4 Å². The number of carboxylic acids is 1. The van der Waals surface area contributed by atoms with Crippen LogP contribution in [0, 0.1) is 12.7 Å². The summed E-state index contributed by atoms with van der Waals surface area (Å²) in [6, 6.07) is 4.91. The molecule has 0 saturated heterocycles. The Morgan fingerprint density at radius 2 is 1.89 bits per heavy atom. The monoisotopic (exact) mass is 390 g/mol. The summed E-state index contributed by atoms with van der Waals surface area (Å²) in [5, 5.41) is 11.9. The van der Waals surface area contributed by atoms with Gasteiger partial charge in [-0.05, 0) is 50.1 Å². The number of aryl methyl sites for hydroxylation is 1. The molecule has 1 aromatic heterocycles. The number of amides is 1. The lowest BCUT2D eigenvalue weighted by molar-refractivity contribution is -0.144. The van der Waals surface area contributed by atoms with Gasteiger partial charge in [-0.25, -0.2) is 9.18 Å². The van der Waals surface area contributed by atoms with Gasteiger partial charge >= 0.3 is 5.97 Å². The molecule has 1 aromatic carbocycles. The molecule has 3 N–H and O–H groups in total. The number of H-pyrrole nitrogens is 1. The van der Waals surface area contributed by atoms with Crippen LogP contribution >= 0.6 is 0 Å². The minimum Gasteiger partial charge on any atom is -0.478 e. The minimum atomic E-state index is -1.35. The Hall–Kier alpha value is -3.16. The predicted octanol–water partition coefficient (Wildman–Crippen LogP) is 2.88. The molecular formula is C20H23FN2O5. The number of hydrogen-bond donors (Lipinski definition) is 3. The highest BCUT2D eigenvalue weighted by molar-refractivity contribution is 6.02. The number of rotatable bonds is 9. The highest BCUT2D eigenvalue weighted by Gasteiger charge is 2.25. The first-order valence-electron chi connectivity index (χ1n) is 8.90. The van der Waals surface area contributed by atoms with Crippen LogP contribution in [-0.2, 0) is 11.2 Å². The maximum Gasteiger partial charge on any atom is 0.346 e. The third-order valence-corrected chi connectivity index (χ3v) is 4.19. The number of carbonyl (C=O) groups excluding carboxylic acids is 2. The Kier molecular flexibility index (Phi) is 6.92. The average Bonchev–Trinajstić information content (AvgIpc) is 2.96. The zero-order valence-electron chi connectivity index (χ0n) is 16.0. The van der Waals surface area contributed by atoms with E-state index in [0.717, 1.165) is 18.6 Å². The summed E-state index contributed by atoms with van der Waals surface area (Å²) in [6.45, 7) is 4.79. The Morgan fingerprint density at radius 1 is 1.25 bits per heavy atom. The third-order valence-electron chi connectivity index (χ3n) is 4.19. The highest BCUT2D eigenvalue weighted by Crippen LogP contribution is 2.21. The quantitative estimate of drug-likeness (QED) is 0.571.